The Morgan fingerprint density at radius 1 is 0.382 bits per heavy atom. The van der Waals surface area contributed by atoms with Crippen molar-refractivity contribution in [1.82, 2.24) is 0 Å². The van der Waals surface area contributed by atoms with Gasteiger partial charge in [0, 0.05) is 20.3 Å². The van der Waals surface area contributed by atoms with E-state index in [1.165, 1.54) is 0 Å². The Kier molecular flexibility index (Phi) is 39.2. The van der Waals surface area contributed by atoms with E-state index in [2.05, 4.69) is 13.8 Å². The zero-order chi connectivity index (χ0) is 26.3. The molecule has 0 atom stereocenters. The topological polar surface area (TPSA) is 73.8 Å². The van der Waals surface area contributed by atoms with Gasteiger partial charge in [0.25, 0.3) is 0 Å². The molecule has 0 saturated carbocycles. The normalized spacial score (nSPS) is 10.9. The van der Waals surface area contributed by atoms with E-state index in [0.717, 1.165) is 39.3 Å². The SMILES string of the molecule is CCCOCCOC(C)C.CCCOCCOCCOC(C)C.COCCOCCOC(C)C. The van der Waals surface area contributed by atoms with E-state index in [0.29, 0.717) is 71.2 Å². The predicted molar refractivity (Wildman–Crippen MR) is 139 cm³/mol. The van der Waals surface area contributed by atoms with E-state index in [-0.39, 0.29) is 0 Å². The lowest BCUT2D eigenvalue weighted by Crippen LogP contribution is -2.12. The molecule has 0 radical (unpaired) electrons. The second-order valence-electron chi connectivity index (χ2n) is 8.20. The smallest absolute Gasteiger partial charge is 0.0703 e. The molecule has 0 aliphatic rings. The molecule has 34 heavy (non-hydrogen) atoms. The molecule has 0 aromatic rings. The van der Waals surface area contributed by atoms with Gasteiger partial charge in [-0.1, -0.05) is 13.8 Å². The van der Waals surface area contributed by atoms with E-state index in [1.807, 2.05) is 41.5 Å². The summed E-state index contributed by atoms with van der Waals surface area (Å²) < 4.78 is 41.5. The van der Waals surface area contributed by atoms with Crippen LogP contribution in [-0.4, -0.2) is 105 Å². The van der Waals surface area contributed by atoms with E-state index >= 15 is 0 Å². The molecule has 0 bridgehead atoms. The second kappa shape index (κ2) is 34.8. The highest BCUT2D eigenvalue weighted by Gasteiger charge is 1.94. The summed E-state index contributed by atoms with van der Waals surface area (Å²) in [5, 5.41) is 0. The molecule has 8 nitrogen and oxygen atoms in total. The van der Waals surface area contributed by atoms with Crippen molar-refractivity contribution in [2.24, 2.45) is 0 Å². The zero-order valence-corrected chi connectivity index (χ0v) is 23.9. The van der Waals surface area contributed by atoms with Gasteiger partial charge in [0.15, 0.2) is 0 Å². The number of methoxy groups -OCH3 is 1. The molecule has 0 unspecified atom stereocenters. The molecule has 210 valence electrons. The average molecular weight is 499 g/mol. The minimum Gasteiger partial charge on any atom is -0.382 e. The molecule has 0 heterocycles. The minimum absolute atomic E-state index is 0.292. The average Bonchev–Trinajstić information content (AvgIpc) is 2.78. The summed E-state index contributed by atoms with van der Waals surface area (Å²) in [6.45, 7) is 24.7. The third kappa shape index (κ3) is 49.0. The van der Waals surface area contributed by atoms with Crippen molar-refractivity contribution in [1.29, 1.82) is 0 Å². The van der Waals surface area contributed by atoms with Gasteiger partial charge < -0.3 is 37.9 Å². The summed E-state index contributed by atoms with van der Waals surface area (Å²) in [5.41, 5.74) is 0. The van der Waals surface area contributed by atoms with Crippen LogP contribution in [0, 0.1) is 0 Å². The largest absolute Gasteiger partial charge is 0.382 e. The molecule has 0 rings (SSSR count). The maximum Gasteiger partial charge on any atom is 0.0703 e. The van der Waals surface area contributed by atoms with Crippen LogP contribution in [0.15, 0.2) is 0 Å². The summed E-state index contributed by atoms with van der Waals surface area (Å²) in [7, 11) is 1.66. The van der Waals surface area contributed by atoms with Crippen LogP contribution in [-0.2, 0) is 37.9 Å². The Morgan fingerprint density at radius 3 is 0.912 bits per heavy atom. The van der Waals surface area contributed by atoms with Crippen LogP contribution >= 0.6 is 0 Å². The first-order valence-corrected chi connectivity index (χ1v) is 13.0. The molecule has 0 fully saturated rings. The molecule has 0 saturated heterocycles. The molecular weight excluding hydrogens is 440 g/mol. The fourth-order valence-corrected chi connectivity index (χ4v) is 1.99. The summed E-state index contributed by atoms with van der Waals surface area (Å²) in [6.07, 6.45) is 3.06. The summed E-state index contributed by atoms with van der Waals surface area (Å²) in [4.78, 5) is 0. The predicted octanol–water partition coefficient (Wildman–Crippen LogP) is 4.77. The lowest BCUT2D eigenvalue weighted by Gasteiger charge is -2.08. The van der Waals surface area contributed by atoms with Crippen molar-refractivity contribution >= 4 is 0 Å². The second-order valence-corrected chi connectivity index (χ2v) is 8.20. The maximum absolute atomic E-state index is 5.30. The van der Waals surface area contributed by atoms with Crippen molar-refractivity contribution in [3.05, 3.63) is 0 Å². The number of rotatable bonds is 22. The van der Waals surface area contributed by atoms with Gasteiger partial charge in [-0.05, 0) is 54.4 Å². The monoisotopic (exact) mass is 498 g/mol. The van der Waals surface area contributed by atoms with Gasteiger partial charge in [0.1, 0.15) is 0 Å². The van der Waals surface area contributed by atoms with Crippen LogP contribution in [0.3, 0.4) is 0 Å². The highest BCUT2D eigenvalue weighted by atomic mass is 16.6. The first-order chi connectivity index (χ1) is 16.3. The molecule has 0 amide bonds. The molecule has 8 heteroatoms. The van der Waals surface area contributed by atoms with Crippen molar-refractivity contribution < 1.29 is 37.9 Å². The Bertz CT molecular complexity index is 328. The van der Waals surface area contributed by atoms with Crippen molar-refractivity contribution in [2.45, 2.75) is 86.5 Å². The van der Waals surface area contributed by atoms with Gasteiger partial charge in [-0.3, -0.25) is 0 Å². The lowest BCUT2D eigenvalue weighted by atomic mass is 10.5. The van der Waals surface area contributed by atoms with E-state index < -0.39 is 0 Å². The third-order valence-corrected chi connectivity index (χ3v) is 3.54. The van der Waals surface area contributed by atoms with Crippen LogP contribution in [0.1, 0.15) is 68.2 Å². The van der Waals surface area contributed by atoms with E-state index in [9.17, 15) is 0 Å². The molecule has 0 N–H and O–H groups in total. The first kappa shape index (κ1) is 38.2. The van der Waals surface area contributed by atoms with E-state index in [1.54, 1.807) is 7.11 Å². The summed E-state index contributed by atoms with van der Waals surface area (Å²) in [5.74, 6) is 0. The zero-order valence-electron chi connectivity index (χ0n) is 23.9. The molecule has 0 aliphatic carbocycles. The van der Waals surface area contributed by atoms with Gasteiger partial charge in [-0.15, -0.1) is 0 Å². The molecular formula is C26H58O8. The summed E-state index contributed by atoms with van der Waals surface area (Å²) in [6, 6.07) is 0. The molecule has 0 aromatic heterocycles. The maximum atomic E-state index is 5.30. The fraction of sp³-hybridized carbons (Fsp3) is 1.00. The quantitative estimate of drug-likeness (QED) is 0.198. The Hall–Kier alpha value is -0.320. The number of hydrogen-bond donors (Lipinski definition) is 0. The van der Waals surface area contributed by atoms with Crippen LogP contribution in [0.25, 0.3) is 0 Å². The van der Waals surface area contributed by atoms with Gasteiger partial charge in [0.2, 0.25) is 0 Å². The van der Waals surface area contributed by atoms with Crippen LogP contribution in [0.5, 0.6) is 0 Å². The van der Waals surface area contributed by atoms with Gasteiger partial charge >= 0.3 is 0 Å². The van der Waals surface area contributed by atoms with Gasteiger partial charge in [0.05, 0.1) is 84.4 Å². The number of hydrogen-bond acceptors (Lipinski definition) is 8. The Labute approximate surface area is 211 Å². The Morgan fingerprint density at radius 2 is 0.647 bits per heavy atom. The van der Waals surface area contributed by atoms with E-state index in [4.69, 9.17) is 37.9 Å². The van der Waals surface area contributed by atoms with Gasteiger partial charge in [-0.25, -0.2) is 0 Å². The Balaban J connectivity index is -0.000000428. The van der Waals surface area contributed by atoms with Crippen molar-refractivity contribution in [3.8, 4) is 0 Å². The standard InChI is InChI=1S/C10H22O3.C8H18O3.C8H18O2/c1-4-5-11-6-7-12-8-9-13-10(2)3;1-8(2)11-7-6-10-5-4-9-3;1-4-5-9-6-7-10-8(2)3/h10H,4-9H2,1-3H3;8H,4-7H2,1-3H3;8H,4-7H2,1-3H3. The van der Waals surface area contributed by atoms with Crippen LogP contribution < -0.4 is 0 Å². The molecule has 0 aliphatic heterocycles. The highest BCUT2D eigenvalue weighted by molar-refractivity contribution is 4.38. The molecule has 0 spiro atoms. The lowest BCUT2D eigenvalue weighted by molar-refractivity contribution is -0.00135. The highest BCUT2D eigenvalue weighted by Crippen LogP contribution is 1.89. The minimum atomic E-state index is 0.292. The van der Waals surface area contributed by atoms with Crippen LogP contribution in [0.2, 0.25) is 0 Å². The third-order valence-electron chi connectivity index (χ3n) is 3.54. The number of ether oxygens (including phenoxy) is 8. The fourth-order valence-electron chi connectivity index (χ4n) is 1.99. The van der Waals surface area contributed by atoms with Crippen LogP contribution in [0.4, 0.5) is 0 Å². The first-order valence-electron chi connectivity index (χ1n) is 13.0. The van der Waals surface area contributed by atoms with Crippen molar-refractivity contribution in [2.75, 3.05) is 86.4 Å². The summed E-state index contributed by atoms with van der Waals surface area (Å²) >= 11 is 0. The molecule has 0 aromatic carbocycles. The van der Waals surface area contributed by atoms with Crippen molar-refractivity contribution in [3.63, 3.8) is 0 Å². The van der Waals surface area contributed by atoms with Gasteiger partial charge in [-0.2, -0.15) is 0 Å².